The molecule has 3 unspecified atom stereocenters. The Kier molecular flexibility index (Phi) is 8.74. The molecule has 118 valence electrons. The van der Waals surface area contributed by atoms with Crippen molar-refractivity contribution in [1.29, 1.82) is 0 Å². The normalized spacial score (nSPS) is 28.3. The number of fused-ring (bicyclic) bond motifs is 2. The molecule has 3 atom stereocenters. The van der Waals surface area contributed by atoms with Crippen LogP contribution in [0.5, 0.6) is 0 Å². The molecule has 7 heteroatoms. The highest BCUT2D eigenvalue weighted by atomic mass is 127. The van der Waals surface area contributed by atoms with E-state index in [4.69, 9.17) is 14.2 Å². The summed E-state index contributed by atoms with van der Waals surface area (Å²) in [7, 11) is 3.46. The van der Waals surface area contributed by atoms with Crippen LogP contribution in [0, 0.1) is 0 Å². The van der Waals surface area contributed by atoms with Gasteiger partial charge in [-0.3, -0.25) is 4.99 Å². The summed E-state index contributed by atoms with van der Waals surface area (Å²) in [6.07, 6.45) is 4.29. The van der Waals surface area contributed by atoms with Crippen molar-refractivity contribution in [3.63, 3.8) is 0 Å². The maximum absolute atomic E-state index is 5.82. The van der Waals surface area contributed by atoms with Crippen LogP contribution in [0.1, 0.15) is 19.3 Å². The van der Waals surface area contributed by atoms with Crippen LogP contribution in [0.25, 0.3) is 0 Å². The Bertz CT molecular complexity index is 305. The summed E-state index contributed by atoms with van der Waals surface area (Å²) >= 11 is 0. The number of hydrogen-bond acceptors (Lipinski definition) is 4. The van der Waals surface area contributed by atoms with Crippen molar-refractivity contribution >= 4 is 29.9 Å². The molecule has 2 N–H and O–H groups in total. The quantitative estimate of drug-likeness (QED) is 0.286. The molecule has 0 spiro atoms. The van der Waals surface area contributed by atoms with E-state index in [2.05, 4.69) is 15.6 Å². The molecule has 2 aliphatic heterocycles. The molecule has 2 aliphatic rings. The first-order valence-corrected chi connectivity index (χ1v) is 7.03. The zero-order valence-electron chi connectivity index (χ0n) is 12.3. The van der Waals surface area contributed by atoms with E-state index in [-0.39, 0.29) is 24.0 Å². The Hall–Kier alpha value is -0.120. The minimum absolute atomic E-state index is 0. The van der Waals surface area contributed by atoms with Crippen LogP contribution in [0.4, 0.5) is 0 Å². The molecule has 0 aromatic carbocycles. The molecule has 2 rings (SSSR count). The molecule has 20 heavy (non-hydrogen) atoms. The van der Waals surface area contributed by atoms with Crippen LogP contribution >= 0.6 is 24.0 Å². The van der Waals surface area contributed by atoms with Crippen molar-refractivity contribution in [2.24, 2.45) is 4.99 Å². The summed E-state index contributed by atoms with van der Waals surface area (Å²) in [6, 6.07) is 0.402. The lowest BCUT2D eigenvalue weighted by atomic mass is 9.96. The van der Waals surface area contributed by atoms with Crippen molar-refractivity contribution in [1.82, 2.24) is 10.6 Å². The minimum Gasteiger partial charge on any atom is -0.382 e. The SMILES string of the molecule is CN=C(NCCOCCOC)NC1CC2CCC1O2.I. The fourth-order valence-corrected chi connectivity index (χ4v) is 2.65. The highest BCUT2D eigenvalue weighted by Crippen LogP contribution is 2.34. The van der Waals surface area contributed by atoms with Gasteiger partial charge in [0.25, 0.3) is 0 Å². The van der Waals surface area contributed by atoms with Gasteiger partial charge in [-0.1, -0.05) is 0 Å². The van der Waals surface area contributed by atoms with Crippen molar-refractivity contribution in [2.45, 2.75) is 37.5 Å². The maximum atomic E-state index is 5.82. The third-order valence-electron chi connectivity index (χ3n) is 3.62. The monoisotopic (exact) mass is 399 g/mol. The van der Waals surface area contributed by atoms with Gasteiger partial charge in [-0.15, -0.1) is 24.0 Å². The average Bonchev–Trinajstić information content (AvgIpc) is 3.03. The van der Waals surface area contributed by atoms with Crippen LogP contribution in [-0.4, -0.2) is 64.7 Å². The first-order chi connectivity index (χ1) is 9.33. The van der Waals surface area contributed by atoms with E-state index in [1.54, 1.807) is 14.2 Å². The summed E-state index contributed by atoms with van der Waals surface area (Å²) in [5, 5.41) is 6.68. The molecule has 0 aromatic heterocycles. The smallest absolute Gasteiger partial charge is 0.191 e. The fourth-order valence-electron chi connectivity index (χ4n) is 2.65. The summed E-state index contributed by atoms with van der Waals surface area (Å²) in [5.74, 6) is 0.830. The van der Waals surface area contributed by atoms with Crippen molar-refractivity contribution in [3.8, 4) is 0 Å². The van der Waals surface area contributed by atoms with Gasteiger partial charge in [-0.05, 0) is 19.3 Å². The van der Waals surface area contributed by atoms with Crippen LogP contribution in [0.2, 0.25) is 0 Å². The van der Waals surface area contributed by atoms with E-state index in [0.717, 1.165) is 18.9 Å². The van der Waals surface area contributed by atoms with E-state index in [1.807, 2.05) is 0 Å². The van der Waals surface area contributed by atoms with Crippen molar-refractivity contribution < 1.29 is 14.2 Å². The van der Waals surface area contributed by atoms with Gasteiger partial charge in [0, 0.05) is 20.7 Å². The Labute approximate surface area is 138 Å². The number of ether oxygens (including phenoxy) is 3. The maximum Gasteiger partial charge on any atom is 0.191 e. The molecule has 0 aliphatic carbocycles. The third-order valence-corrected chi connectivity index (χ3v) is 3.62. The zero-order valence-corrected chi connectivity index (χ0v) is 14.6. The van der Waals surface area contributed by atoms with Gasteiger partial charge in [0.05, 0.1) is 38.1 Å². The first kappa shape index (κ1) is 17.9. The van der Waals surface area contributed by atoms with E-state index in [1.165, 1.54) is 12.8 Å². The highest BCUT2D eigenvalue weighted by molar-refractivity contribution is 14.0. The van der Waals surface area contributed by atoms with Gasteiger partial charge in [0.15, 0.2) is 5.96 Å². The van der Waals surface area contributed by atoms with Crippen LogP contribution < -0.4 is 10.6 Å². The minimum atomic E-state index is 0. The van der Waals surface area contributed by atoms with Crippen LogP contribution in [0.15, 0.2) is 4.99 Å². The fraction of sp³-hybridized carbons (Fsp3) is 0.923. The summed E-state index contributed by atoms with van der Waals surface area (Å²) in [6.45, 7) is 2.65. The molecule has 0 saturated carbocycles. The van der Waals surface area contributed by atoms with Gasteiger partial charge in [0.2, 0.25) is 0 Å². The zero-order chi connectivity index (χ0) is 13.5. The molecular weight excluding hydrogens is 373 g/mol. The third kappa shape index (κ3) is 5.34. The first-order valence-electron chi connectivity index (χ1n) is 7.03. The summed E-state index contributed by atoms with van der Waals surface area (Å²) in [5.41, 5.74) is 0. The van der Waals surface area contributed by atoms with Gasteiger partial charge >= 0.3 is 0 Å². The number of methoxy groups -OCH3 is 1. The van der Waals surface area contributed by atoms with E-state index >= 15 is 0 Å². The molecule has 0 aromatic rings. The van der Waals surface area contributed by atoms with Crippen molar-refractivity contribution in [3.05, 3.63) is 0 Å². The summed E-state index contributed by atoms with van der Waals surface area (Å²) in [4.78, 5) is 4.23. The summed E-state index contributed by atoms with van der Waals surface area (Å²) < 4.78 is 16.1. The molecule has 6 nitrogen and oxygen atoms in total. The standard InChI is InChI=1S/C13H25N3O3.HI/c1-14-13(15-5-6-18-8-7-17-2)16-11-9-10-3-4-12(11)19-10;/h10-12H,3-9H2,1-2H3,(H2,14,15,16);1H. The molecule has 0 radical (unpaired) electrons. The predicted octanol–water partition coefficient (Wildman–Crippen LogP) is 0.752. The van der Waals surface area contributed by atoms with Gasteiger partial charge < -0.3 is 24.8 Å². The number of hydrogen-bond donors (Lipinski definition) is 2. The van der Waals surface area contributed by atoms with Gasteiger partial charge in [-0.2, -0.15) is 0 Å². The lowest BCUT2D eigenvalue weighted by Gasteiger charge is -2.22. The van der Waals surface area contributed by atoms with Crippen LogP contribution in [-0.2, 0) is 14.2 Å². The number of halogens is 1. The Morgan fingerprint density at radius 2 is 2.15 bits per heavy atom. The molecule has 2 bridgehead atoms. The lowest BCUT2D eigenvalue weighted by Crippen LogP contribution is -2.48. The second-order valence-electron chi connectivity index (χ2n) is 4.96. The average molecular weight is 399 g/mol. The molecule has 0 amide bonds. The number of aliphatic imine (C=N–C) groups is 1. The number of nitrogens with zero attached hydrogens (tertiary/aromatic N) is 1. The van der Waals surface area contributed by atoms with E-state index in [9.17, 15) is 0 Å². The molecule has 2 heterocycles. The van der Waals surface area contributed by atoms with Crippen LogP contribution in [0.3, 0.4) is 0 Å². The van der Waals surface area contributed by atoms with Gasteiger partial charge in [0.1, 0.15) is 0 Å². The molecular formula is C13H26IN3O3. The lowest BCUT2D eigenvalue weighted by molar-refractivity contribution is 0.0732. The molecule has 2 fully saturated rings. The Morgan fingerprint density at radius 1 is 1.30 bits per heavy atom. The number of rotatable bonds is 7. The van der Waals surface area contributed by atoms with E-state index in [0.29, 0.717) is 38.1 Å². The van der Waals surface area contributed by atoms with Gasteiger partial charge in [-0.25, -0.2) is 0 Å². The van der Waals surface area contributed by atoms with E-state index < -0.39 is 0 Å². The largest absolute Gasteiger partial charge is 0.382 e. The Balaban J connectivity index is 0.00000200. The second-order valence-corrected chi connectivity index (χ2v) is 4.96. The second kappa shape index (κ2) is 9.75. The molecule has 2 saturated heterocycles. The predicted molar refractivity (Wildman–Crippen MR) is 88.9 cm³/mol. The Morgan fingerprint density at radius 3 is 2.75 bits per heavy atom. The number of guanidine groups is 1. The topological polar surface area (TPSA) is 64.1 Å². The van der Waals surface area contributed by atoms with Crippen molar-refractivity contribution in [2.75, 3.05) is 40.5 Å². The number of nitrogens with one attached hydrogen (secondary N) is 2. The highest BCUT2D eigenvalue weighted by Gasteiger charge is 2.40.